The van der Waals surface area contributed by atoms with E-state index in [1.165, 1.54) is 64.9 Å². The zero-order valence-electron chi connectivity index (χ0n) is 21.1. The quantitative estimate of drug-likeness (QED) is 0.249. The first-order valence-corrected chi connectivity index (χ1v) is 14.5. The van der Waals surface area contributed by atoms with Crippen LogP contribution in [0.2, 0.25) is 6.04 Å². The normalized spacial score (nSPS) is 18.1. The molecule has 2 rings (SSSR count). The fraction of sp³-hybridized carbons (Fsp3) is 0.654. The second kappa shape index (κ2) is 14.1. The Labute approximate surface area is 204 Å². The van der Waals surface area contributed by atoms with Crippen LogP contribution < -0.4 is 4.74 Å². The number of ether oxygens (including phenoxy) is 1. The molecule has 0 heterocycles. The summed E-state index contributed by atoms with van der Waals surface area (Å²) in [6.07, 6.45) is 9.98. The van der Waals surface area contributed by atoms with E-state index in [0.29, 0.717) is 18.9 Å². The average molecular weight is 493 g/mol. The highest BCUT2D eigenvalue weighted by molar-refractivity contribution is 6.65. The third kappa shape index (κ3) is 9.87. The first-order chi connectivity index (χ1) is 16.2. The summed E-state index contributed by atoms with van der Waals surface area (Å²) in [6, 6.07) is 8.68. The van der Waals surface area contributed by atoms with Gasteiger partial charge in [-0.15, -0.1) is 0 Å². The molecule has 190 valence electrons. The Morgan fingerprint density at radius 3 is 1.88 bits per heavy atom. The molecule has 1 aliphatic carbocycles. The summed E-state index contributed by atoms with van der Waals surface area (Å²) in [5, 5.41) is 0. The Balaban J connectivity index is 1.74. The molecule has 0 radical (unpaired) electrons. The van der Waals surface area contributed by atoms with E-state index in [4.69, 9.17) is 18.0 Å². The number of unbranched alkanes of at least 4 members (excludes halogenated alkanes) is 2. The monoisotopic (exact) mass is 492 g/mol. The largest absolute Gasteiger partial charge is 0.705 e. The van der Waals surface area contributed by atoms with Crippen LogP contribution in [-0.2, 0) is 27.7 Å². The molecular formula is C26H40O7Si. The molecule has 0 bridgehead atoms. The van der Waals surface area contributed by atoms with E-state index in [2.05, 4.69) is 19.1 Å². The Morgan fingerprint density at radius 2 is 1.38 bits per heavy atom. The van der Waals surface area contributed by atoms with Gasteiger partial charge in [0.25, 0.3) is 17.9 Å². The van der Waals surface area contributed by atoms with Gasteiger partial charge in [0, 0.05) is 20.8 Å². The van der Waals surface area contributed by atoms with Crippen molar-refractivity contribution in [3.63, 3.8) is 0 Å². The summed E-state index contributed by atoms with van der Waals surface area (Å²) in [6.45, 7) is 6.42. The van der Waals surface area contributed by atoms with Crippen molar-refractivity contribution in [2.24, 2.45) is 5.92 Å². The minimum absolute atomic E-state index is 0.195. The summed E-state index contributed by atoms with van der Waals surface area (Å²) in [4.78, 5) is 34.5. The van der Waals surface area contributed by atoms with Crippen LogP contribution in [0.4, 0.5) is 0 Å². The van der Waals surface area contributed by atoms with Gasteiger partial charge in [0.15, 0.2) is 0 Å². The highest BCUT2D eigenvalue weighted by atomic mass is 28.4. The molecular weight excluding hydrogens is 452 g/mol. The Morgan fingerprint density at radius 1 is 0.824 bits per heavy atom. The van der Waals surface area contributed by atoms with Gasteiger partial charge < -0.3 is 18.0 Å². The van der Waals surface area contributed by atoms with Crippen LogP contribution in [0.5, 0.6) is 5.75 Å². The minimum Gasteiger partial charge on any atom is -0.494 e. The molecule has 0 unspecified atom stereocenters. The summed E-state index contributed by atoms with van der Waals surface area (Å²) < 4.78 is 21.5. The van der Waals surface area contributed by atoms with Gasteiger partial charge in [0.2, 0.25) is 0 Å². The molecule has 1 saturated carbocycles. The van der Waals surface area contributed by atoms with Crippen molar-refractivity contribution in [3.8, 4) is 5.75 Å². The number of carbonyl (C=O) groups is 3. The van der Waals surface area contributed by atoms with E-state index < -0.39 is 26.7 Å². The molecule has 0 aromatic heterocycles. The SMILES string of the molecule is CCCC1CCC(c2ccc(OCCCCC[Si](OC(C)=O)(OC(C)=O)OC(C)=O)cc2)CC1. The van der Waals surface area contributed by atoms with E-state index in [1.54, 1.807) is 0 Å². The van der Waals surface area contributed by atoms with Crippen molar-refractivity contribution in [1.82, 2.24) is 0 Å². The maximum absolute atomic E-state index is 11.5. The van der Waals surface area contributed by atoms with Crippen molar-refractivity contribution >= 4 is 26.7 Å². The third-order valence-corrected chi connectivity index (χ3v) is 8.95. The standard InChI is InChI=1S/C26H40O7Si/c1-5-9-23-10-12-24(13-11-23)25-14-16-26(17-15-25)30-18-7-6-8-19-34(31-20(2)27,32-21(3)28)33-22(4)29/h14-17,23-24H,5-13,18-19H2,1-4H3. The van der Waals surface area contributed by atoms with Crippen molar-refractivity contribution in [2.45, 2.75) is 97.4 Å². The van der Waals surface area contributed by atoms with E-state index in [1.807, 2.05) is 12.1 Å². The van der Waals surface area contributed by atoms with Crippen molar-refractivity contribution in [2.75, 3.05) is 6.61 Å². The zero-order chi connectivity index (χ0) is 25.0. The van der Waals surface area contributed by atoms with Crippen LogP contribution in [0.3, 0.4) is 0 Å². The highest BCUT2D eigenvalue weighted by Crippen LogP contribution is 2.37. The van der Waals surface area contributed by atoms with E-state index in [-0.39, 0.29) is 6.04 Å². The molecule has 1 aromatic rings. The summed E-state index contributed by atoms with van der Waals surface area (Å²) in [5.74, 6) is 0.499. The topological polar surface area (TPSA) is 88.1 Å². The van der Waals surface area contributed by atoms with Crippen LogP contribution in [0.15, 0.2) is 24.3 Å². The molecule has 1 fully saturated rings. The van der Waals surface area contributed by atoms with E-state index >= 15 is 0 Å². The van der Waals surface area contributed by atoms with Gasteiger partial charge in [-0.2, -0.15) is 0 Å². The van der Waals surface area contributed by atoms with Gasteiger partial charge in [0.05, 0.1) is 12.7 Å². The maximum Gasteiger partial charge on any atom is 0.705 e. The molecule has 0 N–H and O–H groups in total. The Hall–Kier alpha value is -2.35. The predicted octanol–water partition coefficient (Wildman–Crippen LogP) is 5.94. The average Bonchev–Trinajstić information content (AvgIpc) is 2.76. The third-order valence-electron chi connectivity index (χ3n) is 6.19. The molecule has 0 spiro atoms. The molecule has 34 heavy (non-hydrogen) atoms. The summed E-state index contributed by atoms with van der Waals surface area (Å²) in [7, 11) is -3.73. The van der Waals surface area contributed by atoms with Crippen molar-refractivity contribution in [1.29, 1.82) is 0 Å². The molecule has 1 aliphatic rings. The Kier molecular flexibility index (Phi) is 11.6. The lowest BCUT2D eigenvalue weighted by molar-refractivity contribution is -0.147. The van der Waals surface area contributed by atoms with Gasteiger partial charge in [-0.1, -0.05) is 31.9 Å². The fourth-order valence-electron chi connectivity index (χ4n) is 4.71. The number of carbonyl (C=O) groups excluding carboxylic acids is 3. The summed E-state index contributed by atoms with van der Waals surface area (Å²) in [5.41, 5.74) is 1.41. The van der Waals surface area contributed by atoms with Gasteiger partial charge in [-0.05, 0) is 74.5 Å². The fourth-order valence-corrected chi connectivity index (χ4v) is 7.14. The minimum atomic E-state index is -3.73. The van der Waals surface area contributed by atoms with Crippen LogP contribution in [0.25, 0.3) is 0 Å². The smallest absolute Gasteiger partial charge is 0.494 e. The van der Waals surface area contributed by atoms with E-state index in [0.717, 1.165) is 24.5 Å². The van der Waals surface area contributed by atoms with Gasteiger partial charge in [-0.3, -0.25) is 14.4 Å². The molecule has 0 atom stereocenters. The highest BCUT2D eigenvalue weighted by Gasteiger charge is 2.51. The predicted molar refractivity (Wildman–Crippen MR) is 131 cm³/mol. The number of hydrogen-bond donors (Lipinski definition) is 0. The second-order valence-electron chi connectivity index (χ2n) is 9.20. The molecule has 0 saturated heterocycles. The van der Waals surface area contributed by atoms with Crippen LogP contribution >= 0.6 is 0 Å². The van der Waals surface area contributed by atoms with Gasteiger partial charge in [-0.25, -0.2) is 0 Å². The molecule has 8 heteroatoms. The van der Waals surface area contributed by atoms with E-state index in [9.17, 15) is 14.4 Å². The lowest BCUT2D eigenvalue weighted by atomic mass is 9.77. The second-order valence-corrected chi connectivity index (χ2v) is 11.7. The first kappa shape index (κ1) is 27.9. The first-order valence-electron chi connectivity index (χ1n) is 12.5. The number of hydrogen-bond acceptors (Lipinski definition) is 7. The number of benzene rings is 1. The maximum atomic E-state index is 11.5. The summed E-state index contributed by atoms with van der Waals surface area (Å²) >= 11 is 0. The van der Waals surface area contributed by atoms with Crippen molar-refractivity contribution < 1.29 is 32.4 Å². The van der Waals surface area contributed by atoms with Crippen molar-refractivity contribution in [3.05, 3.63) is 29.8 Å². The molecule has 0 amide bonds. The van der Waals surface area contributed by atoms with Crippen LogP contribution in [0.1, 0.15) is 97.0 Å². The van der Waals surface area contributed by atoms with Crippen LogP contribution in [-0.4, -0.2) is 33.3 Å². The Bertz CT molecular complexity index is 744. The molecule has 1 aromatic carbocycles. The van der Waals surface area contributed by atoms with Crippen LogP contribution in [0, 0.1) is 5.92 Å². The van der Waals surface area contributed by atoms with Gasteiger partial charge >= 0.3 is 8.80 Å². The lowest BCUT2D eigenvalue weighted by Crippen LogP contribution is -2.49. The van der Waals surface area contributed by atoms with Gasteiger partial charge in [0.1, 0.15) is 5.75 Å². The number of rotatable bonds is 13. The lowest BCUT2D eigenvalue weighted by Gasteiger charge is -2.28. The molecule has 7 nitrogen and oxygen atoms in total. The zero-order valence-corrected chi connectivity index (χ0v) is 22.1. The molecule has 0 aliphatic heterocycles.